The van der Waals surface area contributed by atoms with Crippen molar-refractivity contribution >= 4 is 34.0 Å². The Morgan fingerprint density at radius 3 is 1.12 bits per heavy atom. The first-order chi connectivity index (χ1) is 2.00. The van der Waals surface area contributed by atoms with E-state index in [9.17, 15) is 0 Å². The molecule has 0 rings (SSSR count). The van der Waals surface area contributed by atoms with E-state index < -0.39 is 10.4 Å². The first kappa shape index (κ1) is 22.8. The second kappa shape index (κ2) is 8.39. The molecule has 0 heterocycles. The zero-order valence-corrected chi connectivity index (χ0v) is 7.91. The zero-order chi connectivity index (χ0) is 4.50. The van der Waals surface area contributed by atoms with Crippen molar-refractivity contribution in [1.82, 2.24) is 0 Å². The Hall–Kier alpha value is 1.39. The van der Waals surface area contributed by atoms with Gasteiger partial charge in [0.1, 0.15) is 0 Å². The Labute approximate surface area is 80.6 Å². The Balaban J connectivity index is -0.0000000267. The van der Waals surface area contributed by atoms with E-state index in [0.717, 1.165) is 0 Å². The number of hydrogen-bond acceptors (Lipinski definition) is 5. The number of rotatable bonds is 0. The third-order valence-electron chi connectivity index (χ3n) is 0. The van der Waals surface area contributed by atoms with Gasteiger partial charge in [0, 0.05) is 10.4 Å². The van der Waals surface area contributed by atoms with Crippen molar-refractivity contribution in [3.8, 4) is 0 Å². The average Bonchev–Trinajstić information content (AvgIpc) is 0.722. The molecule has 0 N–H and O–H groups in total. The Kier molecular flexibility index (Phi) is 23.9. The first-order valence-corrected chi connectivity index (χ1v) is 2.00. The van der Waals surface area contributed by atoms with E-state index >= 15 is 0 Å². The van der Waals surface area contributed by atoms with Crippen molar-refractivity contribution in [2.24, 2.45) is 0 Å². The van der Waals surface area contributed by atoms with Crippen molar-refractivity contribution in [1.29, 1.82) is 0 Å². The van der Waals surface area contributed by atoms with Crippen LogP contribution in [0.4, 0.5) is 0 Å². The Morgan fingerprint density at radius 2 is 1.12 bits per heavy atom. The van der Waals surface area contributed by atoms with Crippen LogP contribution in [-0.2, 0) is 23.9 Å². The molecular weight excluding hydrogens is 160 g/mol. The molecule has 0 aliphatic rings. The van der Waals surface area contributed by atoms with Gasteiger partial charge < -0.3 is 22.6 Å². The molecule has 8 heteroatoms. The maximum absolute atomic E-state index is 8.52. The molecule has 40 valence electrons. The summed E-state index contributed by atoms with van der Waals surface area (Å²) in [6.07, 6.45) is 0. The summed E-state index contributed by atoms with van der Waals surface area (Å²) in [6.45, 7) is 0. The van der Waals surface area contributed by atoms with Crippen LogP contribution >= 0.6 is 0 Å². The fourth-order valence-corrected chi connectivity index (χ4v) is 0. The fourth-order valence-electron chi connectivity index (χ4n) is 0. The largest absolute Gasteiger partial charge is 2.00 e. The molecule has 0 aromatic carbocycles. The van der Waals surface area contributed by atoms with Crippen LogP contribution in [0.5, 0.6) is 0 Å². The molecule has 0 aromatic heterocycles. The minimum absolute atomic E-state index is 0. The van der Waals surface area contributed by atoms with Gasteiger partial charge in [-0.25, -0.2) is 0 Å². The number of thiol groups is 1. The molecule has 0 radical (unpaired) electrons. The van der Waals surface area contributed by atoms with Gasteiger partial charge in [0.05, 0.1) is 0 Å². The first-order valence-electron chi connectivity index (χ1n) is 0.667. The normalized spacial score (nSPS) is 7.25. The molecule has 0 unspecified atom stereocenters. The van der Waals surface area contributed by atoms with Gasteiger partial charge in [-0.3, -0.25) is 8.42 Å². The summed E-state index contributed by atoms with van der Waals surface area (Å²) in [7, 11) is -5.17. The maximum atomic E-state index is 8.52. The SMILES string of the molecule is O=S(=O)([O-])[O-].[Be+2].[Na+].[SH-]. The second-order valence-corrected chi connectivity index (χ2v) is 1.22. The van der Waals surface area contributed by atoms with Gasteiger partial charge in [0.15, 0.2) is 0 Å². The minimum Gasteiger partial charge on any atom is -0.813 e. The third-order valence-corrected chi connectivity index (χ3v) is 0. The summed E-state index contributed by atoms with van der Waals surface area (Å²) >= 11 is 0. The summed E-state index contributed by atoms with van der Waals surface area (Å²) in [5.41, 5.74) is 0. The predicted molar refractivity (Wildman–Crippen MR) is 25.0 cm³/mol. The summed E-state index contributed by atoms with van der Waals surface area (Å²) in [5, 5.41) is 0. The fraction of sp³-hybridized carbons (Fsp3) is 0. The second-order valence-electron chi connectivity index (χ2n) is 0.408. The average molecular weight is 161 g/mol. The molecule has 0 amide bonds. The molecule has 0 bridgehead atoms. The van der Waals surface area contributed by atoms with E-state index in [1.54, 1.807) is 0 Å². The monoisotopic (exact) mass is 161 g/mol. The molecule has 0 saturated carbocycles. The van der Waals surface area contributed by atoms with E-state index in [1.165, 1.54) is 0 Å². The van der Waals surface area contributed by atoms with Crippen LogP contribution in [0.25, 0.3) is 0 Å². The smallest absolute Gasteiger partial charge is 0.813 e. The quantitative estimate of drug-likeness (QED) is 0.117. The standard InChI is InChI=1S/Be.Na.H2O4S.H2S/c;;1-5(2,3)4;/h;;(H2,1,2,3,4);1H2/q+2;+1;;/p-3. The van der Waals surface area contributed by atoms with E-state index in [2.05, 4.69) is 0 Å². The van der Waals surface area contributed by atoms with Crippen molar-refractivity contribution in [2.45, 2.75) is 0 Å². The van der Waals surface area contributed by atoms with Gasteiger partial charge in [-0.1, -0.05) is 0 Å². The molecule has 0 aromatic rings. The summed E-state index contributed by atoms with van der Waals surface area (Å²) in [6, 6.07) is 0. The van der Waals surface area contributed by atoms with Crippen LogP contribution in [0.3, 0.4) is 0 Å². The Bertz CT molecular complexity index is 97.2. The van der Waals surface area contributed by atoms with Crippen LogP contribution in [0, 0.1) is 0 Å². The summed E-state index contributed by atoms with van der Waals surface area (Å²) in [5.74, 6) is 0. The van der Waals surface area contributed by atoms with Crippen LogP contribution in [0.2, 0.25) is 0 Å². The van der Waals surface area contributed by atoms with E-state index in [1.807, 2.05) is 0 Å². The third kappa shape index (κ3) is 156. The molecule has 0 spiro atoms. The van der Waals surface area contributed by atoms with Crippen LogP contribution in [-0.4, -0.2) is 27.6 Å². The van der Waals surface area contributed by atoms with Crippen LogP contribution < -0.4 is 29.6 Å². The maximum Gasteiger partial charge on any atom is 2.00 e. The van der Waals surface area contributed by atoms with E-state index in [0.29, 0.717) is 0 Å². The van der Waals surface area contributed by atoms with Crippen molar-refractivity contribution < 1.29 is 47.1 Å². The molecule has 0 atom stereocenters. The summed E-state index contributed by atoms with van der Waals surface area (Å²) in [4.78, 5) is 0. The summed E-state index contributed by atoms with van der Waals surface area (Å²) < 4.78 is 34.1. The van der Waals surface area contributed by atoms with E-state index in [-0.39, 0.29) is 53.2 Å². The van der Waals surface area contributed by atoms with Crippen LogP contribution in [0.1, 0.15) is 0 Å². The van der Waals surface area contributed by atoms with Crippen molar-refractivity contribution in [3.05, 3.63) is 0 Å². The predicted octanol–water partition coefficient (Wildman–Crippen LogP) is -4.98. The zero-order valence-electron chi connectivity index (χ0n) is 4.20. The van der Waals surface area contributed by atoms with Gasteiger partial charge >= 0.3 is 39.7 Å². The Morgan fingerprint density at radius 1 is 1.12 bits per heavy atom. The van der Waals surface area contributed by atoms with Crippen LogP contribution in [0.15, 0.2) is 0 Å². The minimum atomic E-state index is -5.17. The van der Waals surface area contributed by atoms with Gasteiger partial charge in [-0.05, 0) is 0 Å². The topological polar surface area (TPSA) is 80.3 Å². The van der Waals surface area contributed by atoms with Gasteiger partial charge in [-0.15, -0.1) is 0 Å². The number of hydrogen-bond donors (Lipinski definition) is 0. The van der Waals surface area contributed by atoms with Crippen molar-refractivity contribution in [2.75, 3.05) is 0 Å². The molecule has 0 aliphatic heterocycles. The molecule has 8 heavy (non-hydrogen) atoms. The van der Waals surface area contributed by atoms with Gasteiger partial charge in [-0.2, -0.15) is 0 Å². The molecular formula is HBeNaO4S2. The molecule has 0 saturated heterocycles. The van der Waals surface area contributed by atoms with E-state index in [4.69, 9.17) is 17.5 Å². The molecule has 0 fully saturated rings. The molecule has 4 nitrogen and oxygen atoms in total. The molecule has 0 aliphatic carbocycles. The van der Waals surface area contributed by atoms with Crippen molar-refractivity contribution in [3.63, 3.8) is 0 Å². The van der Waals surface area contributed by atoms with Gasteiger partial charge in [0.25, 0.3) is 0 Å². The van der Waals surface area contributed by atoms with Gasteiger partial charge in [0.2, 0.25) is 0 Å².